The Bertz CT molecular complexity index is 820. The number of carbonyl (C=O) groups is 4. The number of Topliss-reactive ketones (excluding diaryl/α,β-unsaturated/α-hetero) is 1. The van der Waals surface area contributed by atoms with Gasteiger partial charge in [0.15, 0.2) is 12.4 Å². The van der Waals surface area contributed by atoms with E-state index in [2.05, 4.69) is 17.6 Å². The summed E-state index contributed by atoms with van der Waals surface area (Å²) in [7, 11) is 0. The van der Waals surface area contributed by atoms with Crippen molar-refractivity contribution in [2.75, 3.05) is 6.61 Å². The molecule has 1 aromatic carbocycles. The summed E-state index contributed by atoms with van der Waals surface area (Å²) in [4.78, 5) is 47.9. The third-order valence-electron chi connectivity index (χ3n) is 6.02. The van der Waals surface area contributed by atoms with Crippen molar-refractivity contribution < 1.29 is 23.9 Å². The summed E-state index contributed by atoms with van der Waals surface area (Å²) >= 11 is 0. The molecular weight excluding hydrogens is 384 g/mol. The van der Waals surface area contributed by atoms with Crippen molar-refractivity contribution in [3.63, 3.8) is 0 Å². The van der Waals surface area contributed by atoms with Crippen LogP contribution in [0.15, 0.2) is 18.2 Å². The number of hydrogen-bond donors (Lipinski definition) is 2. The molecule has 2 aliphatic rings. The minimum atomic E-state index is -0.686. The van der Waals surface area contributed by atoms with E-state index in [1.807, 2.05) is 12.1 Å². The molecular formula is C23H30N2O5. The number of fused-ring (bicyclic) bond motifs is 1. The largest absolute Gasteiger partial charge is 0.456 e. The molecule has 1 fully saturated rings. The minimum absolute atomic E-state index is 0.0271. The molecule has 162 valence electrons. The van der Waals surface area contributed by atoms with Gasteiger partial charge in [-0.2, -0.15) is 0 Å². The number of ether oxygens (including phenoxy) is 1. The van der Waals surface area contributed by atoms with E-state index in [9.17, 15) is 19.2 Å². The highest BCUT2D eigenvalue weighted by Gasteiger charge is 2.23. The van der Waals surface area contributed by atoms with Crippen LogP contribution in [0.4, 0.5) is 4.79 Å². The molecule has 0 bridgehead atoms. The number of hydrogen-bond acceptors (Lipinski definition) is 5. The van der Waals surface area contributed by atoms with Crippen molar-refractivity contribution in [1.29, 1.82) is 0 Å². The predicted octanol–water partition coefficient (Wildman–Crippen LogP) is 3.09. The fourth-order valence-electron chi connectivity index (χ4n) is 4.22. The molecule has 1 saturated carbocycles. The molecule has 0 unspecified atom stereocenters. The highest BCUT2D eigenvalue weighted by molar-refractivity contribution is 5.98. The van der Waals surface area contributed by atoms with Crippen LogP contribution < -0.4 is 10.6 Å². The minimum Gasteiger partial charge on any atom is -0.456 e. The number of amides is 3. The molecule has 0 saturated heterocycles. The Kier molecular flexibility index (Phi) is 7.60. The van der Waals surface area contributed by atoms with Crippen molar-refractivity contribution in [1.82, 2.24) is 10.6 Å². The zero-order valence-electron chi connectivity index (χ0n) is 17.5. The monoisotopic (exact) mass is 414 g/mol. The van der Waals surface area contributed by atoms with Crippen LogP contribution in [-0.2, 0) is 27.2 Å². The van der Waals surface area contributed by atoms with Crippen molar-refractivity contribution in [2.45, 2.75) is 70.8 Å². The van der Waals surface area contributed by atoms with Crippen molar-refractivity contribution in [3.05, 3.63) is 34.9 Å². The van der Waals surface area contributed by atoms with Gasteiger partial charge in [-0.05, 0) is 55.2 Å². The lowest BCUT2D eigenvalue weighted by molar-refractivity contribution is -0.148. The highest BCUT2D eigenvalue weighted by Crippen LogP contribution is 2.24. The normalized spacial score (nSPS) is 20.2. The van der Waals surface area contributed by atoms with E-state index in [1.54, 1.807) is 6.07 Å². The Morgan fingerprint density at radius 2 is 1.77 bits per heavy atom. The van der Waals surface area contributed by atoms with Crippen molar-refractivity contribution >= 4 is 23.7 Å². The first kappa shape index (κ1) is 22.0. The smallest absolute Gasteiger partial charge is 0.321 e. The second-order valence-electron chi connectivity index (χ2n) is 8.31. The molecule has 0 aromatic heterocycles. The summed E-state index contributed by atoms with van der Waals surface area (Å²) < 4.78 is 4.89. The molecule has 2 N–H and O–H groups in total. The fraction of sp³-hybridized carbons (Fsp3) is 0.565. The van der Waals surface area contributed by atoms with E-state index >= 15 is 0 Å². The van der Waals surface area contributed by atoms with Crippen LogP contribution in [0.3, 0.4) is 0 Å². The number of benzene rings is 1. The zero-order valence-corrected chi connectivity index (χ0v) is 17.5. The standard InChI is InChI=1S/C23H30N2O5/c1-15-5-2-3-8-19(15)24-23(29)25-21(27)14-30-22(28)12-11-20(26)18-10-9-16-6-4-7-17(16)13-18/h9-10,13,15,19H,2-8,11-12,14H2,1H3,(H2,24,25,27,29)/t15-,19+/m1/s1. The predicted molar refractivity (Wildman–Crippen MR) is 111 cm³/mol. The van der Waals surface area contributed by atoms with Gasteiger partial charge < -0.3 is 10.1 Å². The Balaban J connectivity index is 1.34. The van der Waals surface area contributed by atoms with Gasteiger partial charge in [-0.3, -0.25) is 19.7 Å². The van der Waals surface area contributed by atoms with Gasteiger partial charge in [0.25, 0.3) is 5.91 Å². The molecule has 7 nitrogen and oxygen atoms in total. The second kappa shape index (κ2) is 10.4. The van der Waals surface area contributed by atoms with E-state index in [1.165, 1.54) is 11.1 Å². The van der Waals surface area contributed by atoms with E-state index in [0.29, 0.717) is 11.5 Å². The van der Waals surface area contributed by atoms with Gasteiger partial charge >= 0.3 is 12.0 Å². The number of esters is 1. The van der Waals surface area contributed by atoms with Gasteiger partial charge in [-0.15, -0.1) is 0 Å². The maximum atomic E-state index is 12.3. The third-order valence-corrected chi connectivity index (χ3v) is 6.02. The summed E-state index contributed by atoms with van der Waals surface area (Å²) in [6.07, 6.45) is 7.25. The lowest BCUT2D eigenvalue weighted by atomic mass is 9.86. The van der Waals surface area contributed by atoms with E-state index < -0.39 is 24.5 Å². The molecule has 0 spiro atoms. The summed E-state index contributed by atoms with van der Waals surface area (Å²) in [6, 6.07) is 5.18. The maximum absolute atomic E-state index is 12.3. The lowest BCUT2D eigenvalue weighted by Gasteiger charge is -2.29. The van der Waals surface area contributed by atoms with Crippen molar-refractivity contribution in [2.24, 2.45) is 5.92 Å². The Labute approximate surface area is 176 Å². The molecule has 0 heterocycles. The summed E-state index contributed by atoms with van der Waals surface area (Å²) in [6.45, 7) is 1.54. The van der Waals surface area contributed by atoms with Crippen LogP contribution in [0.2, 0.25) is 0 Å². The fourth-order valence-corrected chi connectivity index (χ4v) is 4.22. The average molecular weight is 415 g/mol. The molecule has 3 rings (SSSR count). The van der Waals surface area contributed by atoms with Gasteiger partial charge in [0.2, 0.25) is 0 Å². The van der Waals surface area contributed by atoms with E-state index in [0.717, 1.165) is 44.9 Å². The second-order valence-corrected chi connectivity index (χ2v) is 8.31. The molecule has 3 amide bonds. The van der Waals surface area contributed by atoms with Gasteiger partial charge in [-0.25, -0.2) is 4.79 Å². The first-order chi connectivity index (χ1) is 14.4. The number of carbonyl (C=O) groups excluding carboxylic acids is 4. The summed E-state index contributed by atoms with van der Waals surface area (Å²) in [5, 5.41) is 4.99. The molecule has 1 aromatic rings. The molecule has 7 heteroatoms. The van der Waals surface area contributed by atoms with Crippen molar-refractivity contribution in [3.8, 4) is 0 Å². The SMILES string of the molecule is C[C@@H]1CCCC[C@@H]1NC(=O)NC(=O)COC(=O)CCC(=O)c1ccc2c(c1)CCC2. The molecule has 30 heavy (non-hydrogen) atoms. The first-order valence-electron chi connectivity index (χ1n) is 10.8. The quantitative estimate of drug-likeness (QED) is 0.527. The number of nitrogens with one attached hydrogen (secondary N) is 2. The Hall–Kier alpha value is -2.70. The van der Waals surface area contributed by atoms with Crippen LogP contribution in [0.25, 0.3) is 0 Å². The van der Waals surface area contributed by atoms with Crippen LogP contribution in [-0.4, -0.2) is 36.3 Å². The molecule has 0 aliphatic heterocycles. The number of imide groups is 1. The Morgan fingerprint density at radius 3 is 2.57 bits per heavy atom. The van der Waals surface area contributed by atoms with Crippen LogP contribution >= 0.6 is 0 Å². The number of urea groups is 1. The van der Waals surface area contributed by atoms with Crippen LogP contribution in [0.1, 0.15) is 73.4 Å². The van der Waals surface area contributed by atoms with Gasteiger partial charge in [0.05, 0.1) is 6.42 Å². The lowest BCUT2D eigenvalue weighted by Crippen LogP contribution is -2.48. The molecule has 2 atom stereocenters. The topological polar surface area (TPSA) is 102 Å². The highest BCUT2D eigenvalue weighted by atomic mass is 16.5. The Morgan fingerprint density at radius 1 is 1.00 bits per heavy atom. The average Bonchev–Trinajstić information content (AvgIpc) is 3.20. The van der Waals surface area contributed by atoms with Crippen LogP contribution in [0, 0.1) is 5.92 Å². The van der Waals surface area contributed by atoms with Gasteiger partial charge in [0, 0.05) is 18.0 Å². The molecule has 0 radical (unpaired) electrons. The number of ketones is 1. The maximum Gasteiger partial charge on any atom is 0.321 e. The summed E-state index contributed by atoms with van der Waals surface area (Å²) in [5.41, 5.74) is 3.11. The number of rotatable bonds is 7. The number of aryl methyl sites for hydroxylation is 2. The van der Waals surface area contributed by atoms with E-state index in [4.69, 9.17) is 4.74 Å². The first-order valence-corrected chi connectivity index (χ1v) is 10.8. The summed E-state index contributed by atoms with van der Waals surface area (Å²) in [5.74, 6) is -1.07. The van der Waals surface area contributed by atoms with Crippen LogP contribution in [0.5, 0.6) is 0 Å². The molecule has 2 aliphatic carbocycles. The van der Waals surface area contributed by atoms with Gasteiger partial charge in [0.1, 0.15) is 0 Å². The third kappa shape index (κ3) is 6.15. The van der Waals surface area contributed by atoms with E-state index in [-0.39, 0.29) is 24.7 Å². The van der Waals surface area contributed by atoms with Gasteiger partial charge in [-0.1, -0.05) is 31.9 Å². The zero-order chi connectivity index (χ0) is 21.5.